The van der Waals surface area contributed by atoms with Crippen molar-refractivity contribution >= 4 is 0 Å². The van der Waals surface area contributed by atoms with E-state index >= 15 is 0 Å². The fraction of sp³-hybridized carbons (Fsp3) is 0.925. The first kappa shape index (κ1) is 39.2. The molecule has 42 heavy (non-hydrogen) atoms. The Morgan fingerprint density at radius 3 is 1.14 bits per heavy atom. The number of aryl methyl sites for hydroxylation is 2. The van der Waals surface area contributed by atoms with E-state index in [1.165, 1.54) is 219 Å². The van der Waals surface area contributed by atoms with Crippen LogP contribution in [0.3, 0.4) is 0 Å². The molecule has 1 heterocycles. The Bertz CT molecular complexity index is 648. The number of hydrogen-bond acceptors (Lipinski definition) is 0. The molecule has 0 radical (unpaired) electrons. The molecule has 0 aliphatic carbocycles. The molecule has 1 aromatic rings. The van der Waals surface area contributed by atoms with Gasteiger partial charge in [-0.2, -0.15) is 0 Å². The van der Waals surface area contributed by atoms with Gasteiger partial charge in [-0.1, -0.05) is 188 Å². The zero-order chi connectivity index (χ0) is 30.2. The molecule has 2 heteroatoms. The van der Waals surface area contributed by atoms with Crippen LogP contribution in [-0.4, -0.2) is 4.57 Å². The highest BCUT2D eigenvalue weighted by Crippen LogP contribution is 2.15. The molecule has 0 saturated heterocycles. The third-order valence-corrected chi connectivity index (χ3v) is 9.60. The van der Waals surface area contributed by atoms with Crippen molar-refractivity contribution in [2.45, 2.75) is 239 Å². The van der Waals surface area contributed by atoms with Crippen LogP contribution in [0.25, 0.3) is 0 Å². The lowest BCUT2D eigenvalue weighted by atomic mass is 10.0. The highest BCUT2D eigenvalue weighted by atomic mass is 15.1. The van der Waals surface area contributed by atoms with Gasteiger partial charge in [0.15, 0.2) is 0 Å². The first-order valence-corrected chi connectivity index (χ1v) is 19.9. The fourth-order valence-corrected chi connectivity index (χ4v) is 6.68. The molecule has 0 N–H and O–H groups in total. The third kappa shape index (κ3) is 23.6. The molecule has 0 unspecified atom stereocenters. The summed E-state index contributed by atoms with van der Waals surface area (Å²) in [5.41, 5.74) is 0. The summed E-state index contributed by atoms with van der Waals surface area (Å²) in [5.74, 6) is 1.62. The summed E-state index contributed by atoms with van der Waals surface area (Å²) in [6, 6.07) is 0. The highest BCUT2D eigenvalue weighted by molar-refractivity contribution is 4.84. The van der Waals surface area contributed by atoms with Crippen molar-refractivity contribution < 1.29 is 4.57 Å². The predicted molar refractivity (Wildman–Crippen MR) is 188 cm³/mol. The molecule has 1 rings (SSSR count). The van der Waals surface area contributed by atoms with E-state index in [2.05, 4.69) is 42.3 Å². The molecular formula is C40H79N2+. The van der Waals surface area contributed by atoms with Crippen molar-refractivity contribution in [1.82, 2.24) is 4.57 Å². The number of nitrogens with zero attached hydrogens (tertiary/aromatic N) is 2. The van der Waals surface area contributed by atoms with Crippen LogP contribution >= 0.6 is 0 Å². The van der Waals surface area contributed by atoms with Crippen LogP contribution in [0.15, 0.2) is 12.4 Å². The van der Waals surface area contributed by atoms with Crippen LogP contribution in [0.1, 0.15) is 226 Å². The average Bonchev–Trinajstić information content (AvgIpc) is 3.38. The lowest BCUT2D eigenvalue weighted by Crippen LogP contribution is -2.37. The number of imidazole rings is 1. The van der Waals surface area contributed by atoms with Gasteiger partial charge in [-0.05, 0) is 32.1 Å². The van der Waals surface area contributed by atoms with Gasteiger partial charge in [-0.3, -0.25) is 0 Å². The average molecular weight is 588 g/mol. The van der Waals surface area contributed by atoms with Gasteiger partial charge in [0.2, 0.25) is 0 Å². The Morgan fingerprint density at radius 2 is 0.738 bits per heavy atom. The van der Waals surface area contributed by atoms with Crippen LogP contribution in [0.5, 0.6) is 0 Å². The maximum Gasteiger partial charge on any atom is 0.256 e. The van der Waals surface area contributed by atoms with E-state index in [-0.39, 0.29) is 0 Å². The number of aromatic nitrogens is 2. The summed E-state index contributed by atoms with van der Waals surface area (Å²) in [6.45, 7) is 9.40. The zero-order valence-corrected chi connectivity index (χ0v) is 29.6. The molecule has 0 saturated carbocycles. The molecule has 2 nitrogen and oxygen atoms in total. The predicted octanol–water partition coefficient (Wildman–Crippen LogP) is 13.5. The maximum absolute atomic E-state index is 2.63. The molecule has 0 aromatic carbocycles. The number of rotatable bonds is 34. The summed E-state index contributed by atoms with van der Waals surface area (Å²) in [5, 5.41) is 0. The van der Waals surface area contributed by atoms with Gasteiger partial charge in [0.25, 0.3) is 5.82 Å². The van der Waals surface area contributed by atoms with E-state index < -0.39 is 0 Å². The van der Waals surface area contributed by atoms with E-state index in [4.69, 9.17) is 0 Å². The number of unbranched alkanes of at least 4 members (excludes halogenated alkanes) is 28. The van der Waals surface area contributed by atoms with Gasteiger partial charge >= 0.3 is 0 Å². The first-order valence-electron chi connectivity index (χ1n) is 19.9. The molecule has 0 atom stereocenters. The largest absolute Gasteiger partial charge is 0.256 e. The van der Waals surface area contributed by atoms with Crippen molar-refractivity contribution in [3.8, 4) is 0 Å². The van der Waals surface area contributed by atoms with Gasteiger partial charge in [0.05, 0.1) is 13.1 Å². The van der Waals surface area contributed by atoms with Crippen molar-refractivity contribution in [3.05, 3.63) is 18.2 Å². The highest BCUT2D eigenvalue weighted by Gasteiger charge is 2.16. The molecule has 0 fully saturated rings. The molecule has 0 aliphatic heterocycles. The second-order valence-electron chi connectivity index (χ2n) is 13.8. The normalized spacial score (nSPS) is 11.6. The van der Waals surface area contributed by atoms with Gasteiger partial charge < -0.3 is 0 Å². The van der Waals surface area contributed by atoms with Crippen molar-refractivity contribution in [1.29, 1.82) is 0 Å². The van der Waals surface area contributed by atoms with Crippen molar-refractivity contribution in [2.75, 3.05) is 0 Å². The van der Waals surface area contributed by atoms with Crippen LogP contribution in [-0.2, 0) is 19.5 Å². The summed E-state index contributed by atoms with van der Waals surface area (Å²) in [7, 11) is 0. The quantitative estimate of drug-likeness (QED) is 0.0560. The third-order valence-electron chi connectivity index (χ3n) is 9.60. The maximum atomic E-state index is 2.63. The van der Waals surface area contributed by atoms with E-state index in [0.717, 1.165) is 0 Å². The second kappa shape index (κ2) is 31.6. The van der Waals surface area contributed by atoms with E-state index in [1.807, 2.05) is 0 Å². The SMILES string of the molecule is CCCCCCCCCCCCCCCc1n(CCCCCCCC)cc[n+]1CCCCCCCCCCCCCC. The van der Waals surface area contributed by atoms with Crippen molar-refractivity contribution in [3.63, 3.8) is 0 Å². The zero-order valence-electron chi connectivity index (χ0n) is 29.6. The van der Waals surface area contributed by atoms with Crippen LogP contribution in [0.2, 0.25) is 0 Å². The molecule has 1 aromatic heterocycles. The molecule has 0 spiro atoms. The molecule has 0 bridgehead atoms. The van der Waals surface area contributed by atoms with Crippen LogP contribution in [0.4, 0.5) is 0 Å². The second-order valence-corrected chi connectivity index (χ2v) is 13.8. The molecule has 0 amide bonds. The van der Waals surface area contributed by atoms with E-state index in [9.17, 15) is 0 Å². The Morgan fingerprint density at radius 1 is 0.405 bits per heavy atom. The lowest BCUT2D eigenvalue weighted by molar-refractivity contribution is -0.704. The van der Waals surface area contributed by atoms with E-state index in [0.29, 0.717) is 0 Å². The molecular weight excluding hydrogens is 508 g/mol. The standard InChI is InChI=1S/C40H79N2/c1-4-7-10-13-16-18-20-22-23-25-27-29-32-35-40-41(36-33-30-15-12-9-6-3)38-39-42(40)37-34-31-28-26-24-21-19-17-14-11-8-5-2/h38-39H,4-37H2,1-3H3/q+1. The molecule has 248 valence electrons. The number of hydrogen-bond donors (Lipinski definition) is 0. The van der Waals surface area contributed by atoms with Crippen molar-refractivity contribution in [2.24, 2.45) is 0 Å². The summed E-state index contributed by atoms with van der Waals surface area (Å²) < 4.78 is 5.26. The Balaban J connectivity index is 2.25. The fourth-order valence-electron chi connectivity index (χ4n) is 6.68. The smallest absolute Gasteiger partial charge is 0.234 e. The minimum Gasteiger partial charge on any atom is -0.234 e. The summed E-state index contributed by atoms with van der Waals surface area (Å²) in [4.78, 5) is 0. The monoisotopic (exact) mass is 588 g/mol. The van der Waals surface area contributed by atoms with Gasteiger partial charge in [-0.15, -0.1) is 0 Å². The van der Waals surface area contributed by atoms with Gasteiger partial charge in [0, 0.05) is 6.42 Å². The Labute approximate surface area is 266 Å². The minimum atomic E-state index is 1.23. The minimum absolute atomic E-state index is 1.23. The van der Waals surface area contributed by atoms with Crippen LogP contribution < -0.4 is 4.57 Å². The topological polar surface area (TPSA) is 8.81 Å². The van der Waals surface area contributed by atoms with Crippen LogP contribution in [0, 0.1) is 0 Å². The first-order chi connectivity index (χ1) is 20.8. The Hall–Kier alpha value is -0.790. The van der Waals surface area contributed by atoms with Gasteiger partial charge in [-0.25, -0.2) is 9.13 Å². The van der Waals surface area contributed by atoms with Gasteiger partial charge in [0.1, 0.15) is 12.4 Å². The lowest BCUT2D eigenvalue weighted by Gasteiger charge is -2.07. The summed E-state index contributed by atoms with van der Waals surface area (Å²) in [6.07, 6.45) is 50.4. The summed E-state index contributed by atoms with van der Waals surface area (Å²) >= 11 is 0. The Kier molecular flexibility index (Phi) is 29.5. The van der Waals surface area contributed by atoms with E-state index in [1.54, 1.807) is 5.82 Å². The molecule has 0 aliphatic rings.